The molecule has 4 heteroatoms. The van der Waals surface area contributed by atoms with Crippen LogP contribution in [0.2, 0.25) is 18.1 Å². The Kier molecular flexibility index (Phi) is 4.01. The summed E-state index contributed by atoms with van der Waals surface area (Å²) in [7, 11) is -2.06. The fraction of sp³-hybridized carbons (Fsp3) is 0.500. The zero-order valence-electron chi connectivity index (χ0n) is 11.9. The molecule has 0 spiro atoms. The number of hydrogen-bond acceptors (Lipinski definition) is 2. The molecule has 0 amide bonds. The molecular formula is C14H21FO2Si. The van der Waals surface area contributed by atoms with Crippen molar-refractivity contribution in [1.29, 1.82) is 0 Å². The molecule has 1 aromatic carbocycles. The zero-order chi connectivity index (χ0) is 14.1. The Morgan fingerprint density at radius 3 is 2.28 bits per heavy atom. The maximum atomic E-state index is 13.7. The second-order valence-electron chi connectivity index (χ2n) is 6.03. The molecule has 2 nitrogen and oxygen atoms in total. The number of halogens is 1. The Morgan fingerprint density at radius 1 is 1.28 bits per heavy atom. The molecule has 0 unspecified atom stereocenters. The van der Waals surface area contributed by atoms with Gasteiger partial charge >= 0.3 is 0 Å². The Balaban J connectivity index is 3.21. The molecule has 0 saturated carbocycles. The van der Waals surface area contributed by atoms with Gasteiger partial charge in [-0.2, -0.15) is 0 Å². The van der Waals surface area contributed by atoms with Crippen molar-refractivity contribution in [2.24, 2.45) is 0 Å². The van der Waals surface area contributed by atoms with E-state index in [1.165, 1.54) is 13.0 Å². The summed E-state index contributed by atoms with van der Waals surface area (Å²) in [5.41, 5.74) is 0.0577. The number of rotatable bonds is 3. The van der Waals surface area contributed by atoms with E-state index in [-0.39, 0.29) is 16.4 Å². The second kappa shape index (κ2) is 4.84. The summed E-state index contributed by atoms with van der Waals surface area (Å²) in [5.74, 6) is -0.449. The van der Waals surface area contributed by atoms with Crippen LogP contribution in [0.5, 0.6) is 5.75 Å². The monoisotopic (exact) mass is 268 g/mol. The van der Waals surface area contributed by atoms with Crippen molar-refractivity contribution in [2.45, 2.75) is 45.8 Å². The Bertz CT molecular complexity index is 461. The minimum absolute atomic E-state index is 0.00732. The SMILES string of the molecule is CC(=O)c1c(F)cccc1O[Si](C)(C)C(C)(C)C. The number of carbonyl (C=O) groups is 1. The second-order valence-corrected chi connectivity index (χ2v) is 10.8. The Hall–Kier alpha value is -1.16. The van der Waals surface area contributed by atoms with Gasteiger partial charge in [0.2, 0.25) is 0 Å². The van der Waals surface area contributed by atoms with E-state index in [1.54, 1.807) is 12.1 Å². The molecule has 100 valence electrons. The topological polar surface area (TPSA) is 26.3 Å². The summed E-state index contributed by atoms with van der Waals surface area (Å²) in [5, 5.41) is 0.00732. The summed E-state index contributed by atoms with van der Waals surface area (Å²) < 4.78 is 19.7. The van der Waals surface area contributed by atoms with Crippen molar-refractivity contribution in [3.8, 4) is 5.75 Å². The van der Waals surface area contributed by atoms with Crippen LogP contribution < -0.4 is 4.43 Å². The molecule has 0 saturated heterocycles. The highest BCUT2D eigenvalue weighted by atomic mass is 28.4. The molecule has 0 aromatic heterocycles. The average Bonchev–Trinajstić information content (AvgIpc) is 2.14. The summed E-state index contributed by atoms with van der Waals surface area (Å²) in [4.78, 5) is 11.5. The molecule has 0 aliphatic heterocycles. The number of benzene rings is 1. The first-order chi connectivity index (χ1) is 8.06. The van der Waals surface area contributed by atoms with Gasteiger partial charge in [-0.1, -0.05) is 26.8 Å². The molecule has 0 fully saturated rings. The third kappa shape index (κ3) is 2.99. The number of Topliss-reactive ketones (excluding diaryl/α,β-unsaturated/α-hetero) is 1. The lowest BCUT2D eigenvalue weighted by atomic mass is 10.1. The van der Waals surface area contributed by atoms with Crippen LogP contribution >= 0.6 is 0 Å². The first-order valence-electron chi connectivity index (χ1n) is 6.05. The fourth-order valence-corrected chi connectivity index (χ4v) is 2.39. The van der Waals surface area contributed by atoms with Gasteiger partial charge in [-0.3, -0.25) is 4.79 Å². The third-order valence-electron chi connectivity index (χ3n) is 3.50. The van der Waals surface area contributed by atoms with Gasteiger partial charge in [0.15, 0.2) is 5.78 Å². The predicted octanol–water partition coefficient (Wildman–Crippen LogP) is 4.41. The van der Waals surface area contributed by atoms with Crippen LogP contribution in [0, 0.1) is 5.82 Å². The molecule has 1 rings (SSSR count). The van der Waals surface area contributed by atoms with Crippen LogP contribution in [0.4, 0.5) is 4.39 Å². The largest absolute Gasteiger partial charge is 0.543 e. The van der Waals surface area contributed by atoms with Gasteiger partial charge in [-0.05, 0) is 37.2 Å². The van der Waals surface area contributed by atoms with Crippen LogP contribution in [-0.2, 0) is 0 Å². The summed E-state index contributed by atoms with van der Waals surface area (Å²) in [6.45, 7) is 11.8. The molecule has 0 radical (unpaired) electrons. The third-order valence-corrected chi connectivity index (χ3v) is 7.84. The van der Waals surface area contributed by atoms with Gasteiger partial charge in [0.05, 0.1) is 5.56 Å². The van der Waals surface area contributed by atoms with Crippen LogP contribution in [-0.4, -0.2) is 14.1 Å². The van der Waals surface area contributed by atoms with E-state index >= 15 is 0 Å². The van der Waals surface area contributed by atoms with E-state index < -0.39 is 14.1 Å². The van der Waals surface area contributed by atoms with E-state index in [0.29, 0.717) is 5.75 Å². The van der Waals surface area contributed by atoms with Gasteiger partial charge in [-0.25, -0.2) is 4.39 Å². The summed E-state index contributed by atoms with van der Waals surface area (Å²) in [6.07, 6.45) is 0. The molecule has 0 aliphatic rings. The van der Waals surface area contributed by atoms with Crippen molar-refractivity contribution in [2.75, 3.05) is 0 Å². The molecule has 0 atom stereocenters. The highest BCUT2D eigenvalue weighted by Gasteiger charge is 2.39. The maximum Gasteiger partial charge on any atom is 0.250 e. The minimum Gasteiger partial charge on any atom is -0.543 e. The maximum absolute atomic E-state index is 13.7. The van der Waals surface area contributed by atoms with Crippen LogP contribution in [0.1, 0.15) is 38.1 Å². The van der Waals surface area contributed by atoms with Crippen molar-refractivity contribution in [3.05, 3.63) is 29.6 Å². The van der Waals surface area contributed by atoms with Gasteiger partial charge in [0, 0.05) is 0 Å². The van der Waals surface area contributed by atoms with Gasteiger partial charge in [-0.15, -0.1) is 0 Å². The number of carbonyl (C=O) groups excluding carboxylic acids is 1. The lowest BCUT2D eigenvalue weighted by molar-refractivity contribution is 0.101. The summed E-state index contributed by atoms with van der Waals surface area (Å²) >= 11 is 0. The molecule has 18 heavy (non-hydrogen) atoms. The quantitative estimate of drug-likeness (QED) is 0.599. The first-order valence-corrected chi connectivity index (χ1v) is 8.95. The molecule has 0 heterocycles. The van der Waals surface area contributed by atoms with Crippen LogP contribution in [0.25, 0.3) is 0 Å². The highest BCUT2D eigenvalue weighted by molar-refractivity contribution is 6.74. The van der Waals surface area contributed by atoms with Crippen molar-refractivity contribution in [3.63, 3.8) is 0 Å². The lowest BCUT2D eigenvalue weighted by Gasteiger charge is -2.36. The van der Waals surface area contributed by atoms with Crippen molar-refractivity contribution < 1.29 is 13.6 Å². The Labute approximate surface area is 109 Å². The number of ketones is 1. The smallest absolute Gasteiger partial charge is 0.250 e. The van der Waals surface area contributed by atoms with E-state index in [1.807, 2.05) is 0 Å². The first kappa shape index (κ1) is 14.9. The van der Waals surface area contributed by atoms with Gasteiger partial charge in [0.25, 0.3) is 8.32 Å². The normalized spacial score (nSPS) is 12.4. The standard InChI is InChI=1S/C14H21FO2Si/c1-10(16)13-11(15)8-7-9-12(13)17-18(5,6)14(2,3)4/h7-9H,1-6H3. The highest BCUT2D eigenvalue weighted by Crippen LogP contribution is 2.38. The number of hydrogen-bond donors (Lipinski definition) is 0. The van der Waals surface area contributed by atoms with Crippen molar-refractivity contribution >= 4 is 14.1 Å². The molecule has 0 N–H and O–H groups in total. The molecular weight excluding hydrogens is 247 g/mol. The van der Waals surface area contributed by atoms with Crippen LogP contribution in [0.15, 0.2) is 18.2 Å². The predicted molar refractivity (Wildman–Crippen MR) is 74.2 cm³/mol. The molecule has 1 aromatic rings. The van der Waals surface area contributed by atoms with Crippen molar-refractivity contribution in [1.82, 2.24) is 0 Å². The lowest BCUT2D eigenvalue weighted by Crippen LogP contribution is -2.44. The fourth-order valence-electron chi connectivity index (χ4n) is 1.36. The summed E-state index contributed by atoms with van der Waals surface area (Å²) in [6, 6.07) is 4.53. The van der Waals surface area contributed by atoms with E-state index in [4.69, 9.17) is 4.43 Å². The Morgan fingerprint density at radius 2 is 1.83 bits per heavy atom. The minimum atomic E-state index is -2.06. The zero-order valence-corrected chi connectivity index (χ0v) is 12.9. The van der Waals surface area contributed by atoms with E-state index in [2.05, 4.69) is 33.9 Å². The molecule has 0 aliphatic carbocycles. The van der Waals surface area contributed by atoms with Gasteiger partial charge < -0.3 is 4.43 Å². The van der Waals surface area contributed by atoms with Gasteiger partial charge in [0.1, 0.15) is 11.6 Å². The van der Waals surface area contributed by atoms with E-state index in [0.717, 1.165) is 0 Å². The molecule has 0 bridgehead atoms. The van der Waals surface area contributed by atoms with Crippen LogP contribution in [0.3, 0.4) is 0 Å². The van der Waals surface area contributed by atoms with E-state index in [9.17, 15) is 9.18 Å². The average molecular weight is 268 g/mol.